The highest BCUT2D eigenvalue weighted by Crippen LogP contribution is 2.37. The van der Waals surface area contributed by atoms with E-state index in [2.05, 4.69) is 24.8 Å². The number of alkyl halides is 5. The van der Waals surface area contributed by atoms with Crippen molar-refractivity contribution in [2.45, 2.75) is 32.7 Å². The molecule has 0 aliphatic carbocycles. The van der Waals surface area contributed by atoms with Gasteiger partial charge in [-0.3, -0.25) is 0 Å². The average Bonchev–Trinajstić information content (AvgIpc) is 3.24. The number of nitrogens with zero attached hydrogens (tertiary/aromatic N) is 5. The van der Waals surface area contributed by atoms with Crippen molar-refractivity contribution in [3.8, 4) is 22.8 Å². The van der Waals surface area contributed by atoms with Crippen molar-refractivity contribution in [1.82, 2.24) is 19.7 Å². The maximum absolute atomic E-state index is 12.9. The molecule has 1 N–H and O–H groups in total. The molecule has 1 aromatic heterocycles. The van der Waals surface area contributed by atoms with E-state index in [1.54, 1.807) is 24.3 Å². The lowest BCUT2D eigenvalue weighted by Gasteiger charge is -2.20. The summed E-state index contributed by atoms with van der Waals surface area (Å²) in [7, 11) is 0. The third kappa shape index (κ3) is 5.92. The van der Waals surface area contributed by atoms with E-state index in [9.17, 15) is 22.0 Å². The fraction of sp³-hybridized carbons (Fsp3) is 0.263. The molecule has 0 atom stereocenters. The zero-order valence-electron chi connectivity index (χ0n) is 16.4. The van der Waals surface area contributed by atoms with Crippen LogP contribution in [0.25, 0.3) is 17.1 Å². The van der Waals surface area contributed by atoms with E-state index >= 15 is 0 Å². The molecule has 2 aromatic carbocycles. The highest BCUT2D eigenvalue weighted by molar-refractivity contribution is 5.55. The van der Waals surface area contributed by atoms with Gasteiger partial charge in [0.1, 0.15) is 29.3 Å². The van der Waals surface area contributed by atoms with Crippen LogP contribution >= 0.6 is 0 Å². The maximum Gasteiger partial charge on any atom is 0.499 e. The van der Waals surface area contributed by atoms with Gasteiger partial charge in [-0.2, -0.15) is 22.0 Å². The molecule has 0 aliphatic heterocycles. The van der Waals surface area contributed by atoms with Crippen LogP contribution in [0.2, 0.25) is 0 Å². The van der Waals surface area contributed by atoms with Crippen LogP contribution in [0.5, 0.6) is 5.75 Å². The fourth-order valence-corrected chi connectivity index (χ4v) is 2.27. The van der Waals surface area contributed by atoms with Crippen molar-refractivity contribution in [3.05, 3.63) is 60.4 Å². The topological polar surface area (TPSA) is 90.2 Å². The number of aromatic nitrogens is 3. The monoisotopic (exact) mass is 441 g/mol. The lowest BCUT2D eigenvalue weighted by Crippen LogP contribution is -2.41. The number of hydrogen-bond donors (Lipinski definition) is 1. The number of benzene rings is 2. The first-order valence-corrected chi connectivity index (χ1v) is 8.98. The van der Waals surface area contributed by atoms with Crippen molar-refractivity contribution in [3.63, 3.8) is 0 Å². The van der Waals surface area contributed by atoms with Crippen molar-refractivity contribution in [2.75, 3.05) is 0 Å². The minimum atomic E-state index is -5.81. The van der Waals surface area contributed by atoms with Crippen LogP contribution in [-0.2, 0) is 6.54 Å². The van der Waals surface area contributed by atoms with Crippen molar-refractivity contribution in [2.24, 2.45) is 5.11 Å². The Bertz CT molecular complexity index is 1030. The lowest BCUT2D eigenvalue weighted by molar-refractivity contribution is -0.360. The van der Waals surface area contributed by atoms with E-state index < -0.39 is 18.0 Å². The smallest absolute Gasteiger partial charge is 0.426 e. The van der Waals surface area contributed by atoms with Crippen LogP contribution in [0.15, 0.2) is 60.0 Å². The molecule has 31 heavy (non-hydrogen) atoms. The Hall–Kier alpha value is -3.66. The fourth-order valence-electron chi connectivity index (χ4n) is 2.27. The SMILES string of the molecule is CC.N=[N+]=NCc1ccc(-c2ncn(-c3ccc(OC(F)(F)C(F)(F)F)cc3)n2)cc1. The first kappa shape index (κ1) is 23.6. The first-order valence-electron chi connectivity index (χ1n) is 8.98. The van der Waals surface area contributed by atoms with Gasteiger partial charge in [0.15, 0.2) is 5.82 Å². The molecule has 0 saturated carbocycles. The van der Waals surface area contributed by atoms with Gasteiger partial charge in [0, 0.05) is 5.56 Å². The normalized spacial score (nSPS) is 11.2. The minimum Gasteiger partial charge on any atom is -0.426 e. The Labute approximate surface area is 173 Å². The van der Waals surface area contributed by atoms with Gasteiger partial charge in [0.2, 0.25) is 4.91 Å². The lowest BCUT2D eigenvalue weighted by atomic mass is 10.1. The molecule has 1 heterocycles. The van der Waals surface area contributed by atoms with Gasteiger partial charge in [-0.1, -0.05) is 38.1 Å². The molecular weight excluding hydrogens is 423 g/mol. The second-order valence-corrected chi connectivity index (χ2v) is 5.72. The summed E-state index contributed by atoms with van der Waals surface area (Å²) in [4.78, 5) is 7.08. The van der Waals surface area contributed by atoms with Gasteiger partial charge in [-0.25, -0.2) is 9.67 Å². The number of ether oxygens (including phenoxy) is 1. The van der Waals surface area contributed by atoms with Crippen LogP contribution < -0.4 is 9.65 Å². The average molecular weight is 441 g/mol. The summed E-state index contributed by atoms with van der Waals surface area (Å²) >= 11 is 0. The highest BCUT2D eigenvalue weighted by Gasteiger charge is 2.61. The molecule has 0 unspecified atom stereocenters. The summed E-state index contributed by atoms with van der Waals surface area (Å²) in [6.45, 7) is 4.27. The van der Waals surface area contributed by atoms with E-state index in [1.165, 1.54) is 23.1 Å². The zero-order valence-corrected chi connectivity index (χ0v) is 16.4. The minimum absolute atomic E-state index is 0.271. The second-order valence-electron chi connectivity index (χ2n) is 5.72. The quantitative estimate of drug-likeness (QED) is 0.309. The molecule has 0 amide bonds. The summed E-state index contributed by atoms with van der Waals surface area (Å²) < 4.78 is 67.5. The molecular formula is C19H18F5N6O+. The summed E-state index contributed by atoms with van der Waals surface area (Å²) in [5, 5.41) is 7.82. The molecule has 0 bridgehead atoms. The van der Waals surface area contributed by atoms with Crippen molar-refractivity contribution < 1.29 is 26.7 Å². The number of hydrogen-bond acceptors (Lipinski definition) is 5. The third-order valence-corrected chi connectivity index (χ3v) is 3.71. The van der Waals surface area contributed by atoms with E-state index in [0.29, 0.717) is 17.1 Å². The van der Waals surface area contributed by atoms with E-state index in [-0.39, 0.29) is 6.54 Å². The molecule has 3 aromatic rings. The zero-order chi connectivity index (χ0) is 23.1. The maximum atomic E-state index is 12.9. The van der Waals surface area contributed by atoms with Crippen molar-refractivity contribution >= 4 is 0 Å². The Morgan fingerprint density at radius 2 is 1.61 bits per heavy atom. The third-order valence-electron chi connectivity index (χ3n) is 3.71. The van der Waals surface area contributed by atoms with Crippen molar-refractivity contribution in [1.29, 1.82) is 5.53 Å². The molecule has 0 fully saturated rings. The molecule has 7 nitrogen and oxygen atoms in total. The predicted molar refractivity (Wildman–Crippen MR) is 101 cm³/mol. The van der Waals surface area contributed by atoms with Gasteiger partial charge >= 0.3 is 12.3 Å². The van der Waals surface area contributed by atoms with E-state index in [4.69, 9.17) is 5.53 Å². The Kier molecular flexibility index (Phi) is 7.54. The molecule has 164 valence electrons. The van der Waals surface area contributed by atoms with Crippen LogP contribution in [0, 0.1) is 5.53 Å². The summed E-state index contributed by atoms with van der Waals surface area (Å²) in [5.74, 6) is -0.264. The number of nitrogens with one attached hydrogen (secondary N) is 1. The summed E-state index contributed by atoms with van der Waals surface area (Å²) in [5.41, 5.74) is 8.56. The molecule has 0 spiro atoms. The van der Waals surface area contributed by atoms with Gasteiger partial charge in [-0.15, -0.1) is 5.10 Å². The van der Waals surface area contributed by atoms with Crippen LogP contribution in [0.3, 0.4) is 0 Å². The van der Waals surface area contributed by atoms with E-state index in [1.807, 2.05) is 13.8 Å². The van der Waals surface area contributed by atoms with Gasteiger partial charge in [0.25, 0.3) is 0 Å². The van der Waals surface area contributed by atoms with Crippen LogP contribution in [-0.4, -0.2) is 27.0 Å². The molecule has 0 radical (unpaired) electrons. The Balaban J connectivity index is 0.00000166. The largest absolute Gasteiger partial charge is 0.499 e. The van der Waals surface area contributed by atoms with E-state index in [0.717, 1.165) is 17.7 Å². The molecule has 0 aliphatic rings. The van der Waals surface area contributed by atoms with Crippen LogP contribution in [0.4, 0.5) is 22.0 Å². The molecule has 3 rings (SSSR count). The number of halogens is 5. The van der Waals surface area contributed by atoms with Gasteiger partial charge in [-0.05, 0) is 29.8 Å². The number of rotatable bonds is 6. The standard InChI is InChI=1S/C17H12F5N6O.C2H6/c18-16(19,20)17(21,22)29-14-7-5-13(6-8-14)28-10-24-15(26-28)12-3-1-11(2-4-12)9-25-27-23;1-2/h1-8,10,23H,9H2;1-2H3/q+1;. The van der Waals surface area contributed by atoms with Crippen LogP contribution in [0.1, 0.15) is 19.4 Å². The summed E-state index contributed by atoms with van der Waals surface area (Å²) in [6, 6.07) is 11.6. The Morgan fingerprint density at radius 3 is 2.16 bits per heavy atom. The summed E-state index contributed by atoms with van der Waals surface area (Å²) in [6.07, 6.45) is -9.73. The Morgan fingerprint density at radius 1 is 1.00 bits per heavy atom. The molecule has 0 saturated heterocycles. The van der Waals surface area contributed by atoms with Gasteiger partial charge in [0.05, 0.1) is 5.69 Å². The predicted octanol–water partition coefficient (Wildman–Crippen LogP) is 5.54. The van der Waals surface area contributed by atoms with Gasteiger partial charge < -0.3 is 4.74 Å². The second kappa shape index (κ2) is 9.90. The molecule has 12 heteroatoms. The first-order chi connectivity index (χ1) is 14.7. The highest BCUT2D eigenvalue weighted by atomic mass is 19.4.